The van der Waals surface area contributed by atoms with Gasteiger partial charge in [0.1, 0.15) is 5.75 Å². The number of nitrogens with zero attached hydrogens (tertiary/aromatic N) is 1. The minimum Gasteiger partial charge on any atom is -0.508 e. The first kappa shape index (κ1) is 14.0. The number of rotatable bonds is 6. The van der Waals surface area contributed by atoms with Crippen LogP contribution in [0.3, 0.4) is 0 Å². The number of hydrogen-bond acceptors (Lipinski definition) is 2. The van der Waals surface area contributed by atoms with Gasteiger partial charge in [0, 0.05) is 24.5 Å². The van der Waals surface area contributed by atoms with E-state index in [1.807, 2.05) is 0 Å². The molecule has 1 N–H and O–H groups in total. The Hall–Kier alpha value is -1.03. The van der Waals surface area contributed by atoms with Crippen LogP contribution in [-0.4, -0.2) is 34.8 Å². The Kier molecular flexibility index (Phi) is 6.05. The minimum absolute atomic E-state index is 0.0419. The highest BCUT2D eigenvalue weighted by atomic mass is 79.9. The fourth-order valence-electron chi connectivity index (χ4n) is 1.58. The number of benzene rings is 1. The Labute approximate surface area is 111 Å². The highest BCUT2D eigenvalue weighted by Crippen LogP contribution is 2.13. The van der Waals surface area contributed by atoms with Crippen LogP contribution in [0, 0.1) is 0 Å². The topological polar surface area (TPSA) is 40.5 Å². The first-order valence-corrected chi connectivity index (χ1v) is 6.87. The van der Waals surface area contributed by atoms with Crippen LogP contribution in [0.1, 0.15) is 29.6 Å². The van der Waals surface area contributed by atoms with E-state index in [0.29, 0.717) is 5.56 Å². The summed E-state index contributed by atoms with van der Waals surface area (Å²) in [5.74, 6) is 0.0864. The first-order valence-electron chi connectivity index (χ1n) is 5.75. The lowest BCUT2D eigenvalue weighted by atomic mass is 10.2. The predicted octanol–water partition coefficient (Wildman–Crippen LogP) is 3.03. The monoisotopic (exact) mass is 299 g/mol. The van der Waals surface area contributed by atoms with Crippen LogP contribution in [0.4, 0.5) is 0 Å². The quantitative estimate of drug-likeness (QED) is 0.648. The molecule has 3 nitrogen and oxygen atoms in total. The largest absolute Gasteiger partial charge is 0.508 e. The molecule has 0 aromatic heterocycles. The van der Waals surface area contributed by atoms with Gasteiger partial charge in [0.05, 0.1) is 0 Å². The van der Waals surface area contributed by atoms with Gasteiger partial charge in [0.25, 0.3) is 5.91 Å². The summed E-state index contributed by atoms with van der Waals surface area (Å²) in [7, 11) is 1.79. The molecule has 0 aliphatic carbocycles. The van der Waals surface area contributed by atoms with E-state index in [0.717, 1.165) is 31.1 Å². The highest BCUT2D eigenvalue weighted by molar-refractivity contribution is 9.09. The summed E-state index contributed by atoms with van der Waals surface area (Å²) in [4.78, 5) is 13.7. The van der Waals surface area contributed by atoms with Crippen LogP contribution in [-0.2, 0) is 0 Å². The fraction of sp³-hybridized carbons (Fsp3) is 0.462. The molecule has 0 fully saturated rings. The van der Waals surface area contributed by atoms with Crippen molar-refractivity contribution in [2.24, 2.45) is 0 Å². The number of carbonyl (C=O) groups excluding carboxylic acids is 1. The van der Waals surface area contributed by atoms with Crippen LogP contribution in [0.5, 0.6) is 5.75 Å². The predicted molar refractivity (Wildman–Crippen MR) is 72.7 cm³/mol. The van der Waals surface area contributed by atoms with E-state index in [1.54, 1.807) is 30.1 Å². The Morgan fingerprint density at radius 2 is 2.12 bits per heavy atom. The number of aromatic hydroxyl groups is 1. The van der Waals surface area contributed by atoms with E-state index in [1.165, 1.54) is 6.07 Å². The van der Waals surface area contributed by atoms with E-state index in [-0.39, 0.29) is 11.7 Å². The number of halogens is 1. The Bertz CT molecular complexity index is 368. The molecule has 0 atom stereocenters. The van der Waals surface area contributed by atoms with Gasteiger partial charge >= 0.3 is 0 Å². The average molecular weight is 300 g/mol. The summed E-state index contributed by atoms with van der Waals surface area (Å²) in [6.07, 6.45) is 3.25. The van der Waals surface area contributed by atoms with Gasteiger partial charge in [-0.2, -0.15) is 0 Å². The van der Waals surface area contributed by atoms with Crippen molar-refractivity contribution in [1.29, 1.82) is 0 Å². The minimum atomic E-state index is -0.0419. The number of hydrogen-bond donors (Lipinski definition) is 1. The second kappa shape index (κ2) is 7.33. The number of carbonyl (C=O) groups is 1. The van der Waals surface area contributed by atoms with E-state index in [9.17, 15) is 9.90 Å². The molecule has 0 heterocycles. The number of unbranched alkanes of at least 4 members (excludes halogenated alkanes) is 2. The summed E-state index contributed by atoms with van der Waals surface area (Å²) in [5, 5.41) is 10.3. The normalized spacial score (nSPS) is 10.2. The molecule has 0 bridgehead atoms. The van der Waals surface area contributed by atoms with Gasteiger partial charge in [0.15, 0.2) is 0 Å². The van der Waals surface area contributed by atoms with Crippen molar-refractivity contribution < 1.29 is 9.90 Å². The molecule has 0 radical (unpaired) electrons. The first-order chi connectivity index (χ1) is 8.15. The summed E-state index contributed by atoms with van der Waals surface area (Å²) in [6.45, 7) is 0.751. The lowest BCUT2D eigenvalue weighted by molar-refractivity contribution is 0.0792. The van der Waals surface area contributed by atoms with E-state index >= 15 is 0 Å². The zero-order valence-corrected chi connectivity index (χ0v) is 11.6. The lowest BCUT2D eigenvalue weighted by Gasteiger charge is -2.17. The molecule has 0 unspecified atom stereocenters. The Balaban J connectivity index is 2.46. The van der Waals surface area contributed by atoms with Crippen molar-refractivity contribution in [2.45, 2.75) is 19.3 Å². The van der Waals surface area contributed by atoms with Gasteiger partial charge < -0.3 is 10.0 Å². The molecule has 1 aromatic rings. The average Bonchev–Trinajstić information content (AvgIpc) is 2.33. The van der Waals surface area contributed by atoms with Crippen LogP contribution in [0.15, 0.2) is 24.3 Å². The second-order valence-corrected chi connectivity index (χ2v) is 4.82. The molecular formula is C13H18BrNO2. The molecule has 0 saturated heterocycles. The summed E-state index contributed by atoms with van der Waals surface area (Å²) in [5.41, 5.74) is 0.535. The van der Waals surface area contributed by atoms with Crippen molar-refractivity contribution >= 4 is 21.8 Å². The van der Waals surface area contributed by atoms with Crippen LogP contribution in [0.25, 0.3) is 0 Å². The second-order valence-electron chi connectivity index (χ2n) is 4.03. The maximum atomic E-state index is 12.0. The van der Waals surface area contributed by atoms with Crippen molar-refractivity contribution in [3.63, 3.8) is 0 Å². The highest BCUT2D eigenvalue weighted by Gasteiger charge is 2.11. The Morgan fingerprint density at radius 1 is 1.35 bits per heavy atom. The number of amides is 1. The SMILES string of the molecule is CN(CCCCCBr)C(=O)c1cccc(O)c1. The van der Waals surface area contributed by atoms with E-state index in [2.05, 4.69) is 15.9 Å². The molecule has 4 heteroatoms. The molecule has 0 aliphatic heterocycles. The molecule has 0 saturated carbocycles. The van der Waals surface area contributed by atoms with Crippen molar-refractivity contribution in [3.05, 3.63) is 29.8 Å². The molecule has 1 aromatic carbocycles. The van der Waals surface area contributed by atoms with Gasteiger partial charge in [-0.15, -0.1) is 0 Å². The number of alkyl halides is 1. The number of phenolic OH excluding ortho intramolecular Hbond substituents is 1. The maximum Gasteiger partial charge on any atom is 0.253 e. The standard InChI is InChI=1S/C13H18BrNO2/c1-15(9-4-2-3-8-14)13(17)11-6-5-7-12(16)10-11/h5-7,10,16H,2-4,8-9H2,1H3. The molecule has 94 valence electrons. The molecular weight excluding hydrogens is 282 g/mol. The van der Waals surface area contributed by atoms with E-state index in [4.69, 9.17) is 0 Å². The summed E-state index contributed by atoms with van der Waals surface area (Å²) < 4.78 is 0. The number of phenols is 1. The van der Waals surface area contributed by atoms with Crippen molar-refractivity contribution in [2.75, 3.05) is 18.9 Å². The zero-order chi connectivity index (χ0) is 12.7. The summed E-state index contributed by atoms with van der Waals surface area (Å²) in [6, 6.07) is 6.46. The van der Waals surface area contributed by atoms with Gasteiger partial charge in [-0.1, -0.05) is 28.4 Å². The lowest BCUT2D eigenvalue weighted by Crippen LogP contribution is -2.27. The molecule has 1 rings (SSSR count). The zero-order valence-electron chi connectivity index (χ0n) is 10.0. The molecule has 17 heavy (non-hydrogen) atoms. The summed E-state index contributed by atoms with van der Waals surface area (Å²) >= 11 is 3.38. The van der Waals surface area contributed by atoms with Crippen LogP contribution < -0.4 is 0 Å². The van der Waals surface area contributed by atoms with Gasteiger partial charge in [0.2, 0.25) is 0 Å². The third-order valence-corrected chi connectivity index (χ3v) is 3.13. The van der Waals surface area contributed by atoms with E-state index < -0.39 is 0 Å². The smallest absolute Gasteiger partial charge is 0.253 e. The van der Waals surface area contributed by atoms with Gasteiger partial charge in [-0.25, -0.2) is 0 Å². The maximum absolute atomic E-state index is 12.0. The van der Waals surface area contributed by atoms with Gasteiger partial charge in [-0.3, -0.25) is 4.79 Å². The molecule has 1 amide bonds. The molecule has 0 aliphatic rings. The Morgan fingerprint density at radius 3 is 2.76 bits per heavy atom. The third kappa shape index (κ3) is 4.77. The molecule has 0 spiro atoms. The van der Waals surface area contributed by atoms with Crippen molar-refractivity contribution in [1.82, 2.24) is 4.90 Å². The van der Waals surface area contributed by atoms with Crippen LogP contribution in [0.2, 0.25) is 0 Å². The van der Waals surface area contributed by atoms with Crippen molar-refractivity contribution in [3.8, 4) is 5.75 Å². The fourth-order valence-corrected chi connectivity index (χ4v) is 1.98. The third-order valence-electron chi connectivity index (χ3n) is 2.57. The van der Waals surface area contributed by atoms with Gasteiger partial charge in [-0.05, 0) is 31.0 Å². The van der Waals surface area contributed by atoms with Crippen LogP contribution >= 0.6 is 15.9 Å².